The molecule has 0 aliphatic carbocycles. The van der Waals surface area contributed by atoms with Gasteiger partial charge in [-0.05, 0) is 30.7 Å². The molecule has 0 fully saturated rings. The van der Waals surface area contributed by atoms with E-state index in [1.807, 2.05) is 0 Å². The Balaban J connectivity index is 2.36. The molecular formula is C17H13FN2O3. The summed E-state index contributed by atoms with van der Waals surface area (Å²) in [4.78, 5) is 28.2. The Morgan fingerprint density at radius 1 is 1.26 bits per heavy atom. The summed E-state index contributed by atoms with van der Waals surface area (Å²) in [6.45, 7) is 1.70. The molecule has 6 heteroatoms. The van der Waals surface area contributed by atoms with Gasteiger partial charge >= 0.3 is 5.97 Å². The fourth-order valence-electron chi connectivity index (χ4n) is 2.70. The maximum Gasteiger partial charge on any atom is 0.338 e. The van der Waals surface area contributed by atoms with Crippen LogP contribution in [0.25, 0.3) is 10.8 Å². The van der Waals surface area contributed by atoms with E-state index >= 15 is 0 Å². The van der Waals surface area contributed by atoms with Crippen LogP contribution in [0.1, 0.15) is 21.6 Å². The topological polar surface area (TPSA) is 72.2 Å². The van der Waals surface area contributed by atoms with Crippen molar-refractivity contribution in [3.63, 3.8) is 0 Å². The molecule has 0 aliphatic heterocycles. The summed E-state index contributed by atoms with van der Waals surface area (Å²) < 4.78 is 15.4. The summed E-state index contributed by atoms with van der Waals surface area (Å²) in [5.74, 6) is -1.92. The predicted molar refractivity (Wildman–Crippen MR) is 83.2 cm³/mol. The van der Waals surface area contributed by atoms with Crippen LogP contribution >= 0.6 is 0 Å². The van der Waals surface area contributed by atoms with E-state index in [-0.39, 0.29) is 28.6 Å². The first-order chi connectivity index (χ1) is 11.0. The van der Waals surface area contributed by atoms with Crippen LogP contribution in [0.5, 0.6) is 0 Å². The molecule has 3 aromatic rings. The number of pyridine rings is 2. The molecule has 0 radical (unpaired) electrons. The number of rotatable bonds is 3. The molecule has 1 aromatic carbocycles. The summed E-state index contributed by atoms with van der Waals surface area (Å²) in [5.41, 5.74) is 0.459. The highest BCUT2D eigenvalue weighted by Gasteiger charge is 2.20. The lowest BCUT2D eigenvalue weighted by molar-refractivity contribution is 0.0697. The maximum absolute atomic E-state index is 14.1. The number of aromatic nitrogens is 2. The number of benzene rings is 1. The van der Waals surface area contributed by atoms with E-state index in [1.165, 1.54) is 16.7 Å². The molecule has 0 amide bonds. The van der Waals surface area contributed by atoms with Crippen molar-refractivity contribution in [2.24, 2.45) is 0 Å². The number of hydrogen-bond acceptors (Lipinski definition) is 3. The lowest BCUT2D eigenvalue weighted by Crippen LogP contribution is -2.26. The second-order valence-corrected chi connectivity index (χ2v) is 5.17. The summed E-state index contributed by atoms with van der Waals surface area (Å²) in [7, 11) is 0. The van der Waals surface area contributed by atoms with Crippen LogP contribution in [0, 0.1) is 12.7 Å². The number of hydrogen-bond donors (Lipinski definition) is 1. The molecule has 2 heterocycles. The highest BCUT2D eigenvalue weighted by molar-refractivity contribution is 6.04. The minimum Gasteiger partial charge on any atom is -0.478 e. The van der Waals surface area contributed by atoms with Crippen LogP contribution in [0.15, 0.2) is 47.5 Å². The van der Waals surface area contributed by atoms with Crippen LogP contribution in [-0.4, -0.2) is 20.6 Å². The van der Waals surface area contributed by atoms with Crippen LogP contribution in [-0.2, 0) is 6.54 Å². The van der Waals surface area contributed by atoms with Crippen molar-refractivity contribution in [2.75, 3.05) is 0 Å². The number of carboxylic acid groups (broad SMARTS) is 1. The van der Waals surface area contributed by atoms with Crippen LogP contribution in [0.4, 0.5) is 4.39 Å². The molecule has 116 valence electrons. The second-order valence-electron chi connectivity index (χ2n) is 5.17. The largest absolute Gasteiger partial charge is 0.478 e. The van der Waals surface area contributed by atoms with Crippen molar-refractivity contribution in [2.45, 2.75) is 13.5 Å². The Hall–Kier alpha value is -3.02. The van der Waals surface area contributed by atoms with Crippen LogP contribution in [0.3, 0.4) is 0 Å². The first kappa shape index (κ1) is 14.9. The van der Waals surface area contributed by atoms with E-state index in [2.05, 4.69) is 4.98 Å². The molecule has 0 saturated heterocycles. The van der Waals surface area contributed by atoms with Crippen molar-refractivity contribution in [1.82, 2.24) is 9.55 Å². The molecular weight excluding hydrogens is 299 g/mol. The zero-order valence-corrected chi connectivity index (χ0v) is 12.3. The van der Waals surface area contributed by atoms with E-state index in [1.54, 1.807) is 31.5 Å². The van der Waals surface area contributed by atoms with Gasteiger partial charge in [0.2, 0.25) is 0 Å². The summed E-state index contributed by atoms with van der Waals surface area (Å²) >= 11 is 0. The zero-order chi connectivity index (χ0) is 16.6. The SMILES string of the molecule is Cc1c(C(=O)O)c2cccc(F)c2c(=O)n1Cc1ccncc1. The monoisotopic (exact) mass is 312 g/mol. The number of carboxylic acids is 1. The van der Waals surface area contributed by atoms with E-state index in [0.29, 0.717) is 0 Å². The van der Waals surface area contributed by atoms with Crippen LogP contribution in [0.2, 0.25) is 0 Å². The lowest BCUT2D eigenvalue weighted by atomic mass is 10.0. The minimum atomic E-state index is -1.19. The zero-order valence-electron chi connectivity index (χ0n) is 12.3. The minimum absolute atomic E-state index is 0.0619. The average molecular weight is 312 g/mol. The van der Waals surface area contributed by atoms with E-state index < -0.39 is 17.3 Å². The van der Waals surface area contributed by atoms with Crippen molar-refractivity contribution in [3.8, 4) is 0 Å². The van der Waals surface area contributed by atoms with E-state index in [4.69, 9.17) is 0 Å². The molecule has 23 heavy (non-hydrogen) atoms. The molecule has 0 aliphatic rings. The normalized spacial score (nSPS) is 10.9. The molecule has 0 unspecified atom stereocenters. The molecule has 0 bridgehead atoms. The quantitative estimate of drug-likeness (QED) is 0.807. The van der Waals surface area contributed by atoms with Crippen molar-refractivity contribution in [1.29, 1.82) is 0 Å². The fourth-order valence-corrected chi connectivity index (χ4v) is 2.70. The molecule has 2 aromatic heterocycles. The number of aromatic carboxylic acids is 1. The maximum atomic E-state index is 14.1. The summed E-state index contributed by atoms with van der Waals surface area (Å²) in [5, 5.41) is 9.40. The highest BCUT2D eigenvalue weighted by Crippen LogP contribution is 2.22. The van der Waals surface area contributed by atoms with Gasteiger partial charge in [-0.1, -0.05) is 12.1 Å². The summed E-state index contributed by atoms with van der Waals surface area (Å²) in [6, 6.07) is 7.44. The Morgan fingerprint density at radius 3 is 2.61 bits per heavy atom. The third kappa shape index (κ3) is 2.48. The van der Waals surface area contributed by atoms with Crippen molar-refractivity contribution < 1.29 is 14.3 Å². The first-order valence-electron chi connectivity index (χ1n) is 6.94. The third-order valence-corrected chi connectivity index (χ3v) is 3.81. The van der Waals surface area contributed by atoms with Crippen LogP contribution < -0.4 is 5.56 Å². The fraction of sp³-hybridized carbons (Fsp3) is 0.118. The van der Waals surface area contributed by atoms with Gasteiger partial charge in [-0.3, -0.25) is 9.78 Å². The molecule has 0 saturated carbocycles. The van der Waals surface area contributed by atoms with Crippen molar-refractivity contribution in [3.05, 3.63) is 75.7 Å². The van der Waals surface area contributed by atoms with Gasteiger partial charge in [-0.25, -0.2) is 9.18 Å². The van der Waals surface area contributed by atoms with Gasteiger partial charge < -0.3 is 9.67 Å². The Kier molecular flexibility index (Phi) is 3.65. The second kappa shape index (κ2) is 5.64. The molecule has 3 rings (SSSR count). The number of carbonyl (C=O) groups is 1. The van der Waals surface area contributed by atoms with Gasteiger partial charge in [0, 0.05) is 23.5 Å². The first-order valence-corrected chi connectivity index (χ1v) is 6.94. The average Bonchev–Trinajstić information content (AvgIpc) is 2.52. The van der Waals surface area contributed by atoms with E-state index in [0.717, 1.165) is 11.6 Å². The van der Waals surface area contributed by atoms with Gasteiger partial charge in [-0.15, -0.1) is 0 Å². The number of fused-ring (bicyclic) bond motifs is 1. The molecule has 0 spiro atoms. The van der Waals surface area contributed by atoms with Gasteiger partial charge in [0.1, 0.15) is 5.82 Å². The highest BCUT2D eigenvalue weighted by atomic mass is 19.1. The predicted octanol–water partition coefficient (Wildman–Crippen LogP) is 2.59. The Bertz CT molecular complexity index is 965. The van der Waals surface area contributed by atoms with Gasteiger partial charge in [0.05, 0.1) is 17.5 Å². The van der Waals surface area contributed by atoms with Gasteiger partial charge in [0.25, 0.3) is 5.56 Å². The summed E-state index contributed by atoms with van der Waals surface area (Å²) in [6.07, 6.45) is 3.16. The van der Waals surface area contributed by atoms with Gasteiger partial charge in [0.15, 0.2) is 0 Å². The molecule has 5 nitrogen and oxygen atoms in total. The van der Waals surface area contributed by atoms with Gasteiger partial charge in [-0.2, -0.15) is 0 Å². The Morgan fingerprint density at radius 2 is 1.96 bits per heavy atom. The lowest BCUT2D eigenvalue weighted by Gasteiger charge is -2.15. The van der Waals surface area contributed by atoms with Crippen molar-refractivity contribution >= 4 is 16.7 Å². The van der Waals surface area contributed by atoms with E-state index in [9.17, 15) is 19.1 Å². The molecule has 0 atom stereocenters. The standard InChI is InChI=1S/C17H13FN2O3/c1-10-14(17(22)23)12-3-2-4-13(18)15(12)16(21)20(10)9-11-5-7-19-8-6-11/h2-8H,9H2,1H3,(H,22,23). The molecule has 1 N–H and O–H groups in total. The Labute approximate surface area is 130 Å². The number of nitrogens with zero attached hydrogens (tertiary/aromatic N) is 2. The number of halogens is 1. The third-order valence-electron chi connectivity index (χ3n) is 3.81. The smallest absolute Gasteiger partial charge is 0.338 e.